The Kier molecular flexibility index (Phi) is 9.34. The van der Waals surface area contributed by atoms with Gasteiger partial charge < -0.3 is 14.7 Å². The molecule has 3 saturated heterocycles. The van der Waals surface area contributed by atoms with Gasteiger partial charge in [0.25, 0.3) is 5.91 Å². The molecule has 43 heavy (non-hydrogen) atoms. The fraction of sp³-hybridized carbons (Fsp3) is 0.633. The number of likely N-dealkylation sites (tertiary alicyclic amines) is 2. The van der Waals surface area contributed by atoms with E-state index >= 15 is 0 Å². The van der Waals surface area contributed by atoms with Crippen molar-refractivity contribution in [1.29, 1.82) is 0 Å². The second kappa shape index (κ2) is 12.7. The standard InChI is InChI=1S/C30H41F3N6O3S/c1-21-27(29(40)39-17-11-26(12-18-39)37-15-9-25(10-16-37)36(2)43(3,41)42)34-20-35-28(21)38-13-7-22(8-14-38)23-5-4-6-24(19-23)30(31,32)33/h4-6,19-20,22,25-26H,7-18H2,1-3H3. The van der Waals surface area contributed by atoms with E-state index in [4.69, 9.17) is 0 Å². The van der Waals surface area contributed by atoms with Crippen molar-refractivity contribution in [3.63, 3.8) is 0 Å². The molecule has 9 nitrogen and oxygen atoms in total. The molecule has 2 aromatic rings. The maximum absolute atomic E-state index is 13.5. The van der Waals surface area contributed by atoms with Crippen molar-refractivity contribution in [1.82, 2.24) is 24.1 Å². The average molecular weight is 623 g/mol. The molecule has 5 rings (SSSR count). The second-order valence-corrected chi connectivity index (χ2v) is 14.2. The van der Waals surface area contributed by atoms with Gasteiger partial charge in [0.1, 0.15) is 17.8 Å². The number of nitrogens with zero attached hydrogens (tertiary/aromatic N) is 6. The van der Waals surface area contributed by atoms with Crippen molar-refractivity contribution >= 4 is 21.7 Å². The molecular weight excluding hydrogens is 581 g/mol. The van der Waals surface area contributed by atoms with Gasteiger partial charge in [-0.25, -0.2) is 22.7 Å². The molecule has 3 aliphatic heterocycles. The first kappa shape index (κ1) is 31.6. The van der Waals surface area contributed by atoms with Crippen molar-refractivity contribution < 1.29 is 26.4 Å². The van der Waals surface area contributed by atoms with Crippen LogP contribution in [0.25, 0.3) is 0 Å². The summed E-state index contributed by atoms with van der Waals surface area (Å²) in [5.41, 5.74) is 1.21. The van der Waals surface area contributed by atoms with E-state index in [0.29, 0.717) is 62.1 Å². The number of hydrogen-bond acceptors (Lipinski definition) is 7. The fourth-order valence-corrected chi connectivity index (χ4v) is 7.59. The zero-order valence-electron chi connectivity index (χ0n) is 25.1. The molecular formula is C30H41F3N6O3S. The molecule has 1 aromatic heterocycles. The van der Waals surface area contributed by atoms with Gasteiger partial charge in [-0.3, -0.25) is 4.79 Å². The molecule has 3 aliphatic rings. The van der Waals surface area contributed by atoms with Crippen LogP contribution in [0.4, 0.5) is 19.0 Å². The van der Waals surface area contributed by atoms with Crippen LogP contribution < -0.4 is 4.90 Å². The maximum Gasteiger partial charge on any atom is 0.416 e. The Morgan fingerprint density at radius 3 is 2.21 bits per heavy atom. The highest BCUT2D eigenvalue weighted by Gasteiger charge is 2.34. The molecule has 3 fully saturated rings. The van der Waals surface area contributed by atoms with E-state index in [-0.39, 0.29) is 17.9 Å². The van der Waals surface area contributed by atoms with E-state index in [9.17, 15) is 26.4 Å². The largest absolute Gasteiger partial charge is 0.416 e. The number of carbonyl (C=O) groups is 1. The third-order valence-electron chi connectivity index (χ3n) is 9.54. The van der Waals surface area contributed by atoms with Gasteiger partial charge in [-0.05, 0) is 76.1 Å². The number of benzene rings is 1. The number of anilines is 1. The summed E-state index contributed by atoms with van der Waals surface area (Å²) in [6.07, 6.45) is 3.05. The SMILES string of the molecule is Cc1c(C(=O)N2CCC(N3CCC(N(C)S(C)(=O)=O)CC3)CC2)ncnc1N1CCC(c2cccc(C(F)(F)F)c2)CC1. The third-order valence-corrected chi connectivity index (χ3v) is 10.9. The van der Waals surface area contributed by atoms with Crippen molar-refractivity contribution in [2.45, 2.75) is 69.6 Å². The third kappa shape index (κ3) is 7.15. The lowest BCUT2D eigenvalue weighted by molar-refractivity contribution is -0.137. The second-order valence-electron chi connectivity index (χ2n) is 12.1. The highest BCUT2D eigenvalue weighted by atomic mass is 32.2. The van der Waals surface area contributed by atoms with Gasteiger partial charge in [0.15, 0.2) is 0 Å². The molecule has 1 amide bonds. The summed E-state index contributed by atoms with van der Waals surface area (Å²) in [6.45, 7) is 6.10. The van der Waals surface area contributed by atoms with Crippen molar-refractivity contribution in [2.24, 2.45) is 0 Å². The lowest BCUT2D eigenvalue weighted by Gasteiger charge is -2.43. The summed E-state index contributed by atoms with van der Waals surface area (Å²) < 4.78 is 64.9. The van der Waals surface area contributed by atoms with Crippen LogP contribution in [0, 0.1) is 6.92 Å². The van der Waals surface area contributed by atoms with E-state index in [1.165, 1.54) is 29.0 Å². The normalized spacial score (nSPS) is 20.6. The number of halogens is 3. The van der Waals surface area contributed by atoms with Crippen LogP contribution in [0.3, 0.4) is 0 Å². The van der Waals surface area contributed by atoms with Crippen LogP contribution in [-0.2, 0) is 16.2 Å². The number of sulfonamides is 1. The Labute approximate surface area is 252 Å². The Bertz CT molecular complexity index is 1400. The lowest BCUT2D eigenvalue weighted by atomic mass is 9.88. The Hall–Kier alpha value is -2.77. The number of amides is 1. The van der Waals surface area contributed by atoms with Gasteiger partial charge in [-0.15, -0.1) is 0 Å². The quantitative estimate of drug-likeness (QED) is 0.478. The predicted molar refractivity (Wildman–Crippen MR) is 159 cm³/mol. The summed E-state index contributed by atoms with van der Waals surface area (Å²) in [7, 11) is -1.54. The molecule has 13 heteroatoms. The van der Waals surface area contributed by atoms with Crippen molar-refractivity contribution in [3.8, 4) is 0 Å². The minimum Gasteiger partial charge on any atom is -0.356 e. The van der Waals surface area contributed by atoms with Crippen LogP contribution in [0.2, 0.25) is 0 Å². The molecule has 0 unspecified atom stereocenters. The molecule has 0 saturated carbocycles. The first-order valence-electron chi connectivity index (χ1n) is 15.0. The number of alkyl halides is 3. The molecule has 0 radical (unpaired) electrons. The average Bonchev–Trinajstić information content (AvgIpc) is 3.00. The molecule has 0 spiro atoms. The zero-order valence-corrected chi connectivity index (χ0v) is 25.9. The maximum atomic E-state index is 13.5. The van der Waals surface area contributed by atoms with Crippen LogP contribution in [0.1, 0.15) is 71.6 Å². The van der Waals surface area contributed by atoms with Gasteiger partial charge in [0.05, 0.1) is 11.8 Å². The Balaban J connectivity index is 1.15. The number of carbonyl (C=O) groups excluding carboxylic acids is 1. The van der Waals surface area contributed by atoms with Crippen molar-refractivity contribution in [2.75, 3.05) is 57.5 Å². The summed E-state index contributed by atoms with van der Waals surface area (Å²) in [5, 5.41) is 0. The monoisotopic (exact) mass is 622 g/mol. The van der Waals surface area contributed by atoms with E-state index in [1.807, 2.05) is 11.8 Å². The van der Waals surface area contributed by atoms with Crippen LogP contribution >= 0.6 is 0 Å². The summed E-state index contributed by atoms with van der Waals surface area (Å²) >= 11 is 0. The number of hydrogen-bond donors (Lipinski definition) is 0. The van der Waals surface area contributed by atoms with E-state index < -0.39 is 21.8 Å². The molecule has 0 aliphatic carbocycles. The Morgan fingerprint density at radius 1 is 0.953 bits per heavy atom. The zero-order chi connectivity index (χ0) is 30.9. The first-order chi connectivity index (χ1) is 20.3. The lowest BCUT2D eigenvalue weighted by Crippen LogP contribution is -2.52. The smallest absolute Gasteiger partial charge is 0.356 e. The highest BCUT2D eigenvalue weighted by Crippen LogP contribution is 2.35. The van der Waals surface area contributed by atoms with E-state index in [1.54, 1.807) is 13.1 Å². The summed E-state index contributed by atoms with van der Waals surface area (Å²) in [6, 6.07) is 6.02. The highest BCUT2D eigenvalue weighted by molar-refractivity contribution is 7.88. The minimum absolute atomic E-state index is 0.0363. The van der Waals surface area contributed by atoms with Crippen LogP contribution in [0.5, 0.6) is 0 Å². The predicted octanol–water partition coefficient (Wildman–Crippen LogP) is 4.15. The summed E-state index contributed by atoms with van der Waals surface area (Å²) in [5.74, 6) is 0.638. The van der Waals surface area contributed by atoms with Gasteiger partial charge in [0, 0.05) is 50.9 Å². The van der Waals surface area contributed by atoms with E-state index in [0.717, 1.165) is 50.4 Å². The number of piperidine rings is 3. The van der Waals surface area contributed by atoms with E-state index in [2.05, 4.69) is 19.8 Å². The molecule has 0 N–H and O–H groups in total. The minimum atomic E-state index is -4.36. The number of aromatic nitrogens is 2. The van der Waals surface area contributed by atoms with Gasteiger partial charge in [-0.1, -0.05) is 18.2 Å². The molecule has 236 valence electrons. The van der Waals surface area contributed by atoms with Gasteiger partial charge >= 0.3 is 6.18 Å². The number of rotatable bonds is 6. The van der Waals surface area contributed by atoms with Crippen molar-refractivity contribution in [3.05, 3.63) is 53.0 Å². The van der Waals surface area contributed by atoms with Crippen LogP contribution in [0.15, 0.2) is 30.6 Å². The fourth-order valence-electron chi connectivity index (χ4n) is 6.84. The molecule has 4 heterocycles. The van der Waals surface area contributed by atoms with Gasteiger partial charge in [0.2, 0.25) is 10.0 Å². The van der Waals surface area contributed by atoms with Crippen LogP contribution in [-0.4, -0.2) is 103 Å². The van der Waals surface area contributed by atoms with Gasteiger partial charge in [-0.2, -0.15) is 13.2 Å². The molecule has 1 aromatic carbocycles. The molecule has 0 atom stereocenters. The molecule has 0 bridgehead atoms. The Morgan fingerprint density at radius 2 is 1.60 bits per heavy atom. The summed E-state index contributed by atoms with van der Waals surface area (Å²) in [4.78, 5) is 28.8. The first-order valence-corrected chi connectivity index (χ1v) is 16.9. The topological polar surface area (TPSA) is 90.0 Å².